The van der Waals surface area contributed by atoms with Gasteiger partial charge in [-0.15, -0.1) is 11.6 Å². The van der Waals surface area contributed by atoms with E-state index in [-0.39, 0.29) is 5.38 Å². The summed E-state index contributed by atoms with van der Waals surface area (Å²) in [6, 6.07) is 6.47. The second-order valence-corrected chi connectivity index (χ2v) is 7.06. The van der Waals surface area contributed by atoms with E-state index in [1.54, 1.807) is 7.11 Å². The van der Waals surface area contributed by atoms with Gasteiger partial charge in [0.15, 0.2) is 0 Å². The van der Waals surface area contributed by atoms with Crippen molar-refractivity contribution in [1.29, 1.82) is 0 Å². The van der Waals surface area contributed by atoms with Crippen molar-refractivity contribution in [3.63, 3.8) is 0 Å². The zero-order chi connectivity index (χ0) is 15.0. The van der Waals surface area contributed by atoms with Gasteiger partial charge in [0.1, 0.15) is 5.82 Å². The molecule has 1 saturated carbocycles. The molecule has 114 valence electrons. The predicted octanol–water partition coefficient (Wildman–Crippen LogP) is 4.46. The minimum Gasteiger partial charge on any atom is -0.385 e. The Morgan fingerprint density at radius 1 is 1.43 bits per heavy atom. The van der Waals surface area contributed by atoms with Crippen LogP contribution in [-0.4, -0.2) is 23.3 Å². The summed E-state index contributed by atoms with van der Waals surface area (Å²) in [6.45, 7) is 5.93. The van der Waals surface area contributed by atoms with Crippen molar-refractivity contribution in [2.75, 3.05) is 13.7 Å². The van der Waals surface area contributed by atoms with Crippen LogP contribution in [-0.2, 0) is 11.3 Å². The maximum absolute atomic E-state index is 6.37. The molecule has 1 aliphatic rings. The lowest BCUT2D eigenvalue weighted by atomic mass is 10.0. The number of aryl methyl sites for hydroxylation is 1. The molecule has 1 atom stereocenters. The molecular formula is C17H23ClN2O. The molecule has 0 bridgehead atoms. The van der Waals surface area contributed by atoms with Gasteiger partial charge in [0, 0.05) is 20.3 Å². The van der Waals surface area contributed by atoms with Crippen LogP contribution < -0.4 is 0 Å². The van der Waals surface area contributed by atoms with Crippen LogP contribution in [0, 0.1) is 12.3 Å². The Morgan fingerprint density at radius 3 is 2.81 bits per heavy atom. The number of hydrogen-bond donors (Lipinski definition) is 0. The molecular weight excluding hydrogens is 284 g/mol. The van der Waals surface area contributed by atoms with Gasteiger partial charge < -0.3 is 9.30 Å². The molecule has 0 N–H and O–H groups in total. The van der Waals surface area contributed by atoms with Crippen molar-refractivity contribution in [2.24, 2.45) is 5.41 Å². The van der Waals surface area contributed by atoms with Gasteiger partial charge in [-0.2, -0.15) is 0 Å². The van der Waals surface area contributed by atoms with Crippen LogP contribution in [0.15, 0.2) is 18.2 Å². The molecule has 3 rings (SSSR count). The minimum atomic E-state index is -0.0732. The van der Waals surface area contributed by atoms with E-state index in [1.165, 1.54) is 23.9 Å². The quantitative estimate of drug-likeness (QED) is 0.737. The second-order valence-electron chi connectivity index (χ2n) is 6.41. The predicted molar refractivity (Wildman–Crippen MR) is 86.9 cm³/mol. The van der Waals surface area contributed by atoms with Gasteiger partial charge in [0.25, 0.3) is 0 Å². The lowest BCUT2D eigenvalue weighted by molar-refractivity contribution is 0.167. The second kappa shape index (κ2) is 5.62. The van der Waals surface area contributed by atoms with Crippen LogP contribution in [0.25, 0.3) is 11.0 Å². The van der Waals surface area contributed by atoms with E-state index in [1.807, 2.05) is 6.92 Å². The molecule has 0 saturated heterocycles. The summed E-state index contributed by atoms with van der Waals surface area (Å²) < 4.78 is 7.60. The van der Waals surface area contributed by atoms with Crippen molar-refractivity contribution < 1.29 is 4.74 Å². The first kappa shape index (κ1) is 14.9. The Labute approximate surface area is 131 Å². The first-order chi connectivity index (χ1) is 10.0. The number of halogens is 1. The lowest BCUT2D eigenvalue weighted by Crippen LogP contribution is -2.16. The van der Waals surface area contributed by atoms with Crippen LogP contribution in [0.3, 0.4) is 0 Å². The molecule has 1 unspecified atom stereocenters. The molecule has 1 aliphatic carbocycles. The number of nitrogens with zero attached hydrogens (tertiary/aromatic N) is 2. The highest BCUT2D eigenvalue weighted by atomic mass is 35.5. The van der Waals surface area contributed by atoms with Crippen LogP contribution in [0.2, 0.25) is 0 Å². The van der Waals surface area contributed by atoms with E-state index in [4.69, 9.17) is 21.3 Å². The molecule has 3 nitrogen and oxygen atoms in total. The number of methoxy groups -OCH3 is 1. The standard InChI is InChI=1S/C17H23ClN2O/c1-12-4-5-15-14(10-12)19-16(13(2)18)20(15)11-17(6-7-17)8-9-21-3/h4-5,10,13H,6-9,11H2,1-3H3. The summed E-state index contributed by atoms with van der Waals surface area (Å²) in [5.41, 5.74) is 3.88. The summed E-state index contributed by atoms with van der Waals surface area (Å²) in [4.78, 5) is 4.77. The zero-order valence-corrected chi connectivity index (χ0v) is 13.8. The highest BCUT2D eigenvalue weighted by molar-refractivity contribution is 6.20. The zero-order valence-electron chi connectivity index (χ0n) is 13.0. The van der Waals surface area contributed by atoms with E-state index in [9.17, 15) is 0 Å². The molecule has 0 spiro atoms. The number of fused-ring (bicyclic) bond motifs is 1. The van der Waals surface area contributed by atoms with Gasteiger partial charge >= 0.3 is 0 Å². The topological polar surface area (TPSA) is 27.1 Å². The van der Waals surface area contributed by atoms with Gasteiger partial charge in [-0.05, 0) is 56.2 Å². The molecule has 1 fully saturated rings. The summed E-state index contributed by atoms with van der Waals surface area (Å²) in [5.74, 6) is 0.987. The number of aromatic nitrogens is 2. The van der Waals surface area contributed by atoms with E-state index in [0.29, 0.717) is 5.41 Å². The van der Waals surface area contributed by atoms with Crippen molar-refractivity contribution in [2.45, 2.75) is 45.0 Å². The van der Waals surface area contributed by atoms with Gasteiger partial charge in [-0.25, -0.2) is 4.98 Å². The number of rotatable bonds is 6. The van der Waals surface area contributed by atoms with Gasteiger partial charge in [0.05, 0.1) is 16.4 Å². The Kier molecular flexibility index (Phi) is 3.98. The highest BCUT2D eigenvalue weighted by Crippen LogP contribution is 2.51. The van der Waals surface area contributed by atoms with Crippen molar-refractivity contribution in [1.82, 2.24) is 9.55 Å². The molecule has 1 aromatic heterocycles. The maximum Gasteiger partial charge on any atom is 0.127 e. The SMILES string of the molecule is COCCC1(Cn2c(C(C)Cl)nc3cc(C)ccc32)CC1. The third-order valence-corrected chi connectivity index (χ3v) is 4.77. The first-order valence-electron chi connectivity index (χ1n) is 7.64. The number of hydrogen-bond acceptors (Lipinski definition) is 2. The molecule has 0 radical (unpaired) electrons. The number of imidazole rings is 1. The Bertz CT molecular complexity index is 644. The highest BCUT2D eigenvalue weighted by Gasteiger charge is 2.43. The third kappa shape index (κ3) is 2.95. The Hall–Kier alpha value is -1.06. The fourth-order valence-corrected chi connectivity index (χ4v) is 3.21. The summed E-state index contributed by atoms with van der Waals surface area (Å²) in [6.07, 6.45) is 3.67. The maximum atomic E-state index is 6.37. The molecule has 1 aromatic carbocycles. The monoisotopic (exact) mass is 306 g/mol. The number of benzene rings is 1. The lowest BCUT2D eigenvalue weighted by Gasteiger charge is -2.18. The average molecular weight is 307 g/mol. The smallest absolute Gasteiger partial charge is 0.127 e. The van der Waals surface area contributed by atoms with Crippen molar-refractivity contribution in [3.8, 4) is 0 Å². The van der Waals surface area contributed by atoms with Crippen molar-refractivity contribution in [3.05, 3.63) is 29.6 Å². The molecule has 2 aromatic rings. The first-order valence-corrected chi connectivity index (χ1v) is 8.08. The molecule has 1 heterocycles. The number of alkyl halides is 1. The normalized spacial score (nSPS) is 18.1. The summed E-state index contributed by atoms with van der Waals surface area (Å²) in [5, 5.41) is -0.0732. The van der Waals surface area contributed by atoms with Crippen LogP contribution in [0.4, 0.5) is 0 Å². The van der Waals surface area contributed by atoms with E-state index in [2.05, 4.69) is 29.7 Å². The van der Waals surface area contributed by atoms with Gasteiger partial charge in [0.2, 0.25) is 0 Å². The van der Waals surface area contributed by atoms with Crippen LogP contribution in [0.5, 0.6) is 0 Å². The minimum absolute atomic E-state index is 0.0732. The third-order valence-electron chi connectivity index (χ3n) is 4.58. The van der Waals surface area contributed by atoms with Gasteiger partial charge in [-0.3, -0.25) is 0 Å². The van der Waals surface area contributed by atoms with Gasteiger partial charge in [-0.1, -0.05) is 6.07 Å². The Balaban J connectivity index is 1.98. The summed E-state index contributed by atoms with van der Waals surface area (Å²) >= 11 is 6.37. The molecule has 4 heteroatoms. The fourth-order valence-electron chi connectivity index (χ4n) is 3.05. The molecule has 0 amide bonds. The Morgan fingerprint density at radius 2 is 2.19 bits per heavy atom. The fraction of sp³-hybridized carbons (Fsp3) is 0.588. The van der Waals surface area contributed by atoms with E-state index < -0.39 is 0 Å². The summed E-state index contributed by atoms with van der Waals surface area (Å²) in [7, 11) is 1.78. The molecule has 0 aliphatic heterocycles. The van der Waals surface area contributed by atoms with Crippen LogP contribution in [0.1, 0.15) is 43.0 Å². The van der Waals surface area contributed by atoms with Crippen molar-refractivity contribution >= 4 is 22.6 Å². The molecule has 21 heavy (non-hydrogen) atoms. The van der Waals surface area contributed by atoms with E-state index in [0.717, 1.165) is 30.9 Å². The largest absolute Gasteiger partial charge is 0.385 e. The number of ether oxygens (including phenoxy) is 1. The van der Waals surface area contributed by atoms with E-state index >= 15 is 0 Å². The van der Waals surface area contributed by atoms with Crippen LogP contribution >= 0.6 is 11.6 Å². The average Bonchev–Trinajstić information content (AvgIpc) is 3.12.